The molecule has 2 amide bonds. The van der Waals surface area contributed by atoms with Crippen molar-refractivity contribution in [1.82, 2.24) is 10.6 Å². The third-order valence-corrected chi connectivity index (χ3v) is 3.44. The van der Waals surface area contributed by atoms with Gasteiger partial charge in [-0.1, -0.05) is 39.0 Å². The summed E-state index contributed by atoms with van der Waals surface area (Å²) in [6.07, 6.45) is 0.107. The van der Waals surface area contributed by atoms with E-state index in [1.807, 2.05) is 24.3 Å². The first-order valence-electron chi connectivity index (χ1n) is 7.61. The third-order valence-electron chi connectivity index (χ3n) is 3.44. The van der Waals surface area contributed by atoms with Crippen LogP contribution in [-0.4, -0.2) is 30.9 Å². The molecular weight excluding hydrogens is 280 g/mol. The Morgan fingerprint density at radius 1 is 1.32 bits per heavy atom. The second kappa shape index (κ2) is 8.03. The minimum atomic E-state index is -0.423. The Bertz CT molecular complexity index is 481. The highest BCUT2D eigenvalue weighted by molar-refractivity contribution is 5.74. The van der Waals surface area contributed by atoms with E-state index >= 15 is 0 Å². The van der Waals surface area contributed by atoms with Crippen LogP contribution in [0.3, 0.4) is 0 Å². The van der Waals surface area contributed by atoms with Crippen LogP contribution < -0.4 is 15.4 Å². The second-order valence-electron chi connectivity index (χ2n) is 6.58. The molecule has 0 spiro atoms. The van der Waals surface area contributed by atoms with Crippen molar-refractivity contribution in [2.45, 2.75) is 46.3 Å². The van der Waals surface area contributed by atoms with Crippen LogP contribution in [0, 0.1) is 5.41 Å². The molecule has 2 unspecified atom stereocenters. The van der Waals surface area contributed by atoms with Gasteiger partial charge in [0, 0.05) is 12.1 Å². The summed E-state index contributed by atoms with van der Waals surface area (Å²) in [7, 11) is 1.63. The molecule has 5 heteroatoms. The topological polar surface area (TPSA) is 70.6 Å². The van der Waals surface area contributed by atoms with Gasteiger partial charge >= 0.3 is 6.03 Å². The minimum absolute atomic E-state index is 0.170. The van der Waals surface area contributed by atoms with Crippen LogP contribution in [0.4, 0.5) is 4.79 Å². The molecule has 2 atom stereocenters. The average molecular weight is 308 g/mol. The lowest BCUT2D eigenvalue weighted by molar-refractivity contribution is 0.181. The molecular formula is C17H28N2O3. The van der Waals surface area contributed by atoms with E-state index in [1.54, 1.807) is 14.0 Å². The lowest BCUT2D eigenvalue weighted by Crippen LogP contribution is -2.43. The number of hydrogen-bond acceptors (Lipinski definition) is 3. The zero-order valence-electron chi connectivity index (χ0n) is 14.1. The number of amides is 2. The molecule has 1 rings (SSSR count). The number of aliphatic hydroxyl groups is 1. The SMILES string of the molecule is COc1ccccc1C(NC(=O)NCCC(C)O)C(C)(C)C. The molecule has 5 nitrogen and oxygen atoms in total. The van der Waals surface area contributed by atoms with Gasteiger partial charge in [-0.15, -0.1) is 0 Å². The molecule has 3 N–H and O–H groups in total. The largest absolute Gasteiger partial charge is 0.496 e. The van der Waals surface area contributed by atoms with Gasteiger partial charge in [0.25, 0.3) is 0 Å². The normalized spacial score (nSPS) is 14.1. The molecule has 0 radical (unpaired) electrons. The summed E-state index contributed by atoms with van der Waals surface area (Å²) in [5, 5.41) is 15.0. The number of aliphatic hydroxyl groups excluding tert-OH is 1. The number of ether oxygens (including phenoxy) is 1. The maximum Gasteiger partial charge on any atom is 0.315 e. The van der Waals surface area contributed by atoms with Gasteiger partial charge in [-0.2, -0.15) is 0 Å². The van der Waals surface area contributed by atoms with E-state index in [2.05, 4.69) is 31.4 Å². The Balaban J connectivity index is 2.84. The van der Waals surface area contributed by atoms with Crippen LogP contribution in [0.15, 0.2) is 24.3 Å². The van der Waals surface area contributed by atoms with E-state index in [4.69, 9.17) is 4.74 Å². The van der Waals surface area contributed by atoms with Crippen molar-refractivity contribution >= 4 is 6.03 Å². The van der Waals surface area contributed by atoms with Gasteiger partial charge in [0.05, 0.1) is 19.3 Å². The van der Waals surface area contributed by atoms with E-state index < -0.39 is 6.10 Å². The number of methoxy groups -OCH3 is 1. The smallest absolute Gasteiger partial charge is 0.315 e. The van der Waals surface area contributed by atoms with Crippen molar-refractivity contribution in [2.75, 3.05) is 13.7 Å². The summed E-state index contributed by atoms with van der Waals surface area (Å²) in [6.45, 7) is 8.35. The lowest BCUT2D eigenvalue weighted by Gasteiger charge is -2.32. The minimum Gasteiger partial charge on any atom is -0.496 e. The number of carbonyl (C=O) groups excluding carboxylic acids is 1. The van der Waals surface area contributed by atoms with Crippen LogP contribution in [-0.2, 0) is 0 Å². The molecule has 1 aromatic rings. The molecule has 0 aromatic heterocycles. The molecule has 124 valence electrons. The van der Waals surface area contributed by atoms with Crippen LogP contribution >= 0.6 is 0 Å². The van der Waals surface area contributed by atoms with E-state index in [9.17, 15) is 9.90 Å². The fourth-order valence-electron chi connectivity index (χ4n) is 2.24. The van der Waals surface area contributed by atoms with E-state index in [-0.39, 0.29) is 17.5 Å². The summed E-state index contributed by atoms with van der Waals surface area (Å²) >= 11 is 0. The Labute approximate surface area is 133 Å². The summed E-state index contributed by atoms with van der Waals surface area (Å²) in [5.74, 6) is 0.756. The van der Waals surface area contributed by atoms with Crippen molar-refractivity contribution in [3.8, 4) is 5.75 Å². The molecule has 0 fully saturated rings. The maximum absolute atomic E-state index is 12.1. The number of nitrogens with one attached hydrogen (secondary N) is 2. The van der Waals surface area contributed by atoms with Gasteiger partial charge in [-0.05, 0) is 24.8 Å². The molecule has 0 saturated carbocycles. The Morgan fingerprint density at radius 2 is 1.95 bits per heavy atom. The second-order valence-corrected chi connectivity index (χ2v) is 6.58. The molecule has 0 aliphatic heterocycles. The number of hydrogen-bond donors (Lipinski definition) is 3. The highest BCUT2D eigenvalue weighted by Gasteiger charge is 2.30. The van der Waals surface area contributed by atoms with Crippen LogP contribution in [0.25, 0.3) is 0 Å². The van der Waals surface area contributed by atoms with E-state index in [1.165, 1.54) is 0 Å². The monoisotopic (exact) mass is 308 g/mol. The highest BCUT2D eigenvalue weighted by Crippen LogP contribution is 2.37. The first-order chi connectivity index (χ1) is 10.3. The molecule has 0 aliphatic rings. The summed E-state index contributed by atoms with van der Waals surface area (Å²) in [6, 6.07) is 7.27. The molecule has 0 aliphatic carbocycles. The van der Waals surface area contributed by atoms with Crippen LogP contribution in [0.2, 0.25) is 0 Å². The predicted octanol–water partition coefficient (Wildman–Crippen LogP) is 2.85. The maximum atomic E-state index is 12.1. The number of rotatable bonds is 6. The fraction of sp³-hybridized carbons (Fsp3) is 0.588. The standard InChI is InChI=1S/C17H28N2O3/c1-12(20)10-11-18-16(21)19-15(17(2,3)4)13-8-6-7-9-14(13)22-5/h6-9,12,15,20H,10-11H2,1-5H3,(H2,18,19,21). The van der Waals surface area contributed by atoms with Gasteiger partial charge in [-0.3, -0.25) is 0 Å². The van der Waals surface area contributed by atoms with Crippen molar-refractivity contribution in [3.63, 3.8) is 0 Å². The Hall–Kier alpha value is -1.75. The molecule has 1 aromatic carbocycles. The van der Waals surface area contributed by atoms with Crippen LogP contribution in [0.1, 0.15) is 45.7 Å². The third kappa shape index (κ3) is 5.56. The predicted molar refractivity (Wildman–Crippen MR) is 88.0 cm³/mol. The van der Waals surface area contributed by atoms with Crippen molar-refractivity contribution in [2.24, 2.45) is 5.41 Å². The molecule has 22 heavy (non-hydrogen) atoms. The van der Waals surface area contributed by atoms with Gasteiger partial charge in [-0.25, -0.2) is 4.79 Å². The number of benzene rings is 1. The van der Waals surface area contributed by atoms with Crippen molar-refractivity contribution in [3.05, 3.63) is 29.8 Å². The fourth-order valence-corrected chi connectivity index (χ4v) is 2.24. The van der Waals surface area contributed by atoms with E-state index in [0.29, 0.717) is 13.0 Å². The lowest BCUT2D eigenvalue weighted by atomic mass is 9.82. The molecule has 0 saturated heterocycles. The number of para-hydroxylation sites is 1. The highest BCUT2D eigenvalue weighted by atomic mass is 16.5. The van der Waals surface area contributed by atoms with Gasteiger partial charge in [0.1, 0.15) is 5.75 Å². The molecule has 0 heterocycles. The Kier molecular flexibility index (Phi) is 6.68. The van der Waals surface area contributed by atoms with Gasteiger partial charge in [0.15, 0.2) is 0 Å². The summed E-state index contributed by atoms with van der Waals surface area (Å²) in [4.78, 5) is 12.1. The number of urea groups is 1. The average Bonchev–Trinajstić information content (AvgIpc) is 2.43. The quantitative estimate of drug-likeness (QED) is 0.757. The zero-order valence-corrected chi connectivity index (χ0v) is 14.1. The van der Waals surface area contributed by atoms with Gasteiger partial charge < -0.3 is 20.5 Å². The zero-order chi connectivity index (χ0) is 16.8. The number of carbonyl (C=O) groups is 1. The van der Waals surface area contributed by atoms with Gasteiger partial charge in [0.2, 0.25) is 0 Å². The summed E-state index contributed by atoms with van der Waals surface area (Å²) < 4.78 is 5.41. The Morgan fingerprint density at radius 3 is 2.50 bits per heavy atom. The molecule has 0 bridgehead atoms. The van der Waals surface area contributed by atoms with Crippen molar-refractivity contribution < 1.29 is 14.6 Å². The summed E-state index contributed by atoms with van der Waals surface area (Å²) in [5.41, 5.74) is 0.777. The first kappa shape index (κ1) is 18.3. The van der Waals surface area contributed by atoms with E-state index in [0.717, 1.165) is 11.3 Å². The van der Waals surface area contributed by atoms with Crippen LogP contribution in [0.5, 0.6) is 5.75 Å². The first-order valence-corrected chi connectivity index (χ1v) is 7.61. The van der Waals surface area contributed by atoms with Crippen molar-refractivity contribution in [1.29, 1.82) is 0 Å².